The van der Waals surface area contributed by atoms with Gasteiger partial charge >= 0.3 is 0 Å². The summed E-state index contributed by atoms with van der Waals surface area (Å²) in [5.74, 6) is 0.252. The van der Waals surface area contributed by atoms with Gasteiger partial charge in [-0.3, -0.25) is 4.79 Å². The third-order valence-corrected chi connectivity index (χ3v) is 3.19. The van der Waals surface area contributed by atoms with Gasteiger partial charge in [-0.2, -0.15) is 0 Å². The van der Waals surface area contributed by atoms with Crippen LogP contribution in [0.5, 0.6) is 5.75 Å². The number of benzene rings is 1. The molecule has 1 heterocycles. The molecule has 1 amide bonds. The van der Waals surface area contributed by atoms with Crippen molar-refractivity contribution >= 4 is 5.91 Å². The molecule has 0 aliphatic heterocycles. The number of alkyl halides is 2. The number of carbonyl (C=O) groups excluding carboxylic acids is 1. The van der Waals surface area contributed by atoms with Gasteiger partial charge in [-0.15, -0.1) is 0 Å². The van der Waals surface area contributed by atoms with Crippen LogP contribution in [0.3, 0.4) is 0 Å². The summed E-state index contributed by atoms with van der Waals surface area (Å²) in [4.78, 5) is 19.7. The smallest absolute Gasteiger partial charge is 0.272 e. The van der Waals surface area contributed by atoms with Crippen LogP contribution in [0, 0.1) is 13.8 Å². The highest BCUT2D eigenvalue weighted by Crippen LogP contribution is 2.20. The predicted molar refractivity (Wildman–Crippen MR) is 80.8 cm³/mol. The number of hydrogen-bond acceptors (Lipinski definition) is 4. The average Bonchev–Trinajstić information content (AvgIpc) is 2.47. The standard InChI is InChI=1S/C16H17F2N3O2/c1-9-5-12(23-8-14(17)18)4-3-11(9)7-15-20-10(2)6-13(21-15)16(19)22/h3-6,14H,7-8H2,1-2H3,(H2,19,22). The zero-order valence-corrected chi connectivity index (χ0v) is 12.8. The minimum atomic E-state index is -2.51. The lowest BCUT2D eigenvalue weighted by Crippen LogP contribution is -2.15. The molecule has 23 heavy (non-hydrogen) atoms. The first-order valence-electron chi connectivity index (χ1n) is 7.00. The largest absolute Gasteiger partial charge is 0.488 e. The molecule has 122 valence electrons. The van der Waals surface area contributed by atoms with E-state index in [4.69, 9.17) is 10.5 Å². The zero-order valence-electron chi connectivity index (χ0n) is 12.8. The normalized spacial score (nSPS) is 10.8. The number of nitrogens with two attached hydrogens (primary N) is 1. The predicted octanol–water partition coefficient (Wildman–Crippen LogP) is 2.43. The molecular formula is C16H17F2N3O2. The Balaban J connectivity index is 2.19. The molecule has 7 heteroatoms. The van der Waals surface area contributed by atoms with E-state index in [1.54, 1.807) is 25.1 Å². The van der Waals surface area contributed by atoms with Gasteiger partial charge in [-0.1, -0.05) is 6.07 Å². The van der Waals surface area contributed by atoms with E-state index in [9.17, 15) is 13.6 Å². The number of hydrogen-bond donors (Lipinski definition) is 1. The maximum Gasteiger partial charge on any atom is 0.272 e. The molecule has 1 aromatic heterocycles. The third kappa shape index (κ3) is 4.70. The van der Waals surface area contributed by atoms with Gasteiger partial charge in [0.15, 0.2) is 0 Å². The van der Waals surface area contributed by atoms with Crippen molar-refractivity contribution in [3.05, 3.63) is 52.6 Å². The van der Waals surface area contributed by atoms with Crippen LogP contribution in [0.4, 0.5) is 8.78 Å². The molecule has 5 nitrogen and oxygen atoms in total. The van der Waals surface area contributed by atoms with Crippen molar-refractivity contribution < 1.29 is 18.3 Å². The van der Waals surface area contributed by atoms with Crippen LogP contribution in [-0.4, -0.2) is 28.9 Å². The third-order valence-electron chi connectivity index (χ3n) is 3.19. The lowest BCUT2D eigenvalue weighted by atomic mass is 10.0. The van der Waals surface area contributed by atoms with E-state index in [1.165, 1.54) is 6.07 Å². The Morgan fingerprint density at radius 1 is 1.26 bits per heavy atom. The first-order valence-corrected chi connectivity index (χ1v) is 7.00. The molecule has 0 saturated heterocycles. The lowest BCUT2D eigenvalue weighted by molar-refractivity contribution is 0.0818. The molecule has 0 spiro atoms. The Morgan fingerprint density at radius 3 is 2.61 bits per heavy atom. The number of amides is 1. The maximum absolute atomic E-state index is 12.1. The second-order valence-electron chi connectivity index (χ2n) is 5.14. The molecule has 1 aromatic carbocycles. The van der Waals surface area contributed by atoms with Gasteiger partial charge in [0, 0.05) is 12.1 Å². The molecule has 2 N–H and O–H groups in total. The summed E-state index contributed by atoms with van der Waals surface area (Å²) in [5.41, 5.74) is 7.84. The number of aryl methyl sites for hydroxylation is 2. The fourth-order valence-electron chi connectivity index (χ4n) is 2.12. The van der Waals surface area contributed by atoms with E-state index in [0.717, 1.165) is 11.1 Å². The summed E-state index contributed by atoms with van der Waals surface area (Å²) in [6.07, 6.45) is -2.11. The molecule has 2 aromatic rings. The fourth-order valence-corrected chi connectivity index (χ4v) is 2.12. The van der Waals surface area contributed by atoms with Crippen LogP contribution in [0.2, 0.25) is 0 Å². The second-order valence-corrected chi connectivity index (χ2v) is 5.14. The Morgan fingerprint density at radius 2 is 2.00 bits per heavy atom. The Kier molecular flexibility index (Phi) is 5.20. The van der Waals surface area contributed by atoms with E-state index >= 15 is 0 Å². The average molecular weight is 321 g/mol. The second kappa shape index (κ2) is 7.13. The molecule has 0 fully saturated rings. The first-order chi connectivity index (χ1) is 10.8. The lowest BCUT2D eigenvalue weighted by Gasteiger charge is -2.10. The Hall–Kier alpha value is -2.57. The molecule has 0 bridgehead atoms. The summed E-state index contributed by atoms with van der Waals surface area (Å²) in [6, 6.07) is 6.60. The summed E-state index contributed by atoms with van der Waals surface area (Å²) in [5, 5.41) is 0. The number of nitrogens with zero attached hydrogens (tertiary/aromatic N) is 2. The SMILES string of the molecule is Cc1cc(C(N)=O)nc(Cc2ccc(OCC(F)F)cc2C)n1. The summed E-state index contributed by atoms with van der Waals surface area (Å²) >= 11 is 0. The van der Waals surface area contributed by atoms with Crippen molar-refractivity contribution in [2.45, 2.75) is 26.7 Å². The highest BCUT2D eigenvalue weighted by molar-refractivity contribution is 5.90. The molecule has 2 rings (SSSR count). The molecule has 0 unspecified atom stereocenters. The molecule has 0 aliphatic rings. The van der Waals surface area contributed by atoms with Crippen molar-refractivity contribution in [3.8, 4) is 5.75 Å². The highest BCUT2D eigenvalue weighted by Gasteiger charge is 2.10. The quantitative estimate of drug-likeness (QED) is 0.886. The van der Waals surface area contributed by atoms with E-state index in [-0.39, 0.29) is 5.69 Å². The van der Waals surface area contributed by atoms with Crippen LogP contribution < -0.4 is 10.5 Å². The number of carbonyl (C=O) groups is 1. The van der Waals surface area contributed by atoms with E-state index < -0.39 is 18.9 Å². The van der Waals surface area contributed by atoms with Crippen molar-refractivity contribution in [3.63, 3.8) is 0 Å². The van der Waals surface area contributed by atoms with Gasteiger partial charge < -0.3 is 10.5 Å². The number of ether oxygens (including phenoxy) is 1. The van der Waals surface area contributed by atoms with Gasteiger partial charge in [0.2, 0.25) is 0 Å². The van der Waals surface area contributed by atoms with Crippen molar-refractivity contribution in [1.82, 2.24) is 9.97 Å². The summed E-state index contributed by atoms with van der Waals surface area (Å²) in [7, 11) is 0. The van der Waals surface area contributed by atoms with Gasteiger partial charge in [-0.25, -0.2) is 18.7 Å². The van der Waals surface area contributed by atoms with Gasteiger partial charge in [0.05, 0.1) is 0 Å². The minimum absolute atomic E-state index is 0.169. The number of primary amides is 1. The van der Waals surface area contributed by atoms with Crippen molar-refractivity contribution in [1.29, 1.82) is 0 Å². The van der Waals surface area contributed by atoms with E-state index in [2.05, 4.69) is 9.97 Å². The van der Waals surface area contributed by atoms with E-state index in [0.29, 0.717) is 23.7 Å². The van der Waals surface area contributed by atoms with Crippen LogP contribution in [-0.2, 0) is 6.42 Å². The van der Waals surface area contributed by atoms with Crippen LogP contribution >= 0.6 is 0 Å². The number of aromatic nitrogens is 2. The molecule has 0 aliphatic carbocycles. The highest BCUT2D eigenvalue weighted by atomic mass is 19.3. The topological polar surface area (TPSA) is 78.1 Å². The number of halogens is 2. The van der Waals surface area contributed by atoms with Gasteiger partial charge in [0.25, 0.3) is 12.3 Å². The Bertz CT molecular complexity index is 720. The first kappa shape index (κ1) is 16.8. The van der Waals surface area contributed by atoms with E-state index in [1.807, 2.05) is 6.92 Å². The van der Waals surface area contributed by atoms with Crippen LogP contribution in [0.25, 0.3) is 0 Å². The molecule has 0 atom stereocenters. The zero-order chi connectivity index (χ0) is 17.0. The Labute approximate surface area is 132 Å². The van der Waals surface area contributed by atoms with Crippen LogP contribution in [0.15, 0.2) is 24.3 Å². The van der Waals surface area contributed by atoms with Crippen molar-refractivity contribution in [2.24, 2.45) is 5.73 Å². The fraction of sp³-hybridized carbons (Fsp3) is 0.312. The van der Waals surface area contributed by atoms with Gasteiger partial charge in [-0.05, 0) is 43.2 Å². The summed E-state index contributed by atoms with van der Waals surface area (Å²) in [6.45, 7) is 2.96. The van der Waals surface area contributed by atoms with Crippen LogP contribution in [0.1, 0.15) is 33.1 Å². The summed E-state index contributed by atoms with van der Waals surface area (Å²) < 4.78 is 29.3. The molecule has 0 radical (unpaired) electrons. The molecule has 0 saturated carbocycles. The van der Waals surface area contributed by atoms with Crippen molar-refractivity contribution in [2.75, 3.05) is 6.61 Å². The van der Waals surface area contributed by atoms with Gasteiger partial charge in [0.1, 0.15) is 23.9 Å². The maximum atomic E-state index is 12.1. The molecular weight excluding hydrogens is 304 g/mol. The number of rotatable bonds is 6. The minimum Gasteiger partial charge on any atom is -0.488 e. The monoisotopic (exact) mass is 321 g/mol.